The van der Waals surface area contributed by atoms with Crippen molar-refractivity contribution in [1.82, 2.24) is 9.80 Å². The summed E-state index contributed by atoms with van der Waals surface area (Å²) in [6.45, 7) is 11.0. The molecule has 4 nitrogen and oxygen atoms in total. The standard InChI is InChI=1S/C29H36N2O2/c1-22-18-23(2)24(3)28(19-22)33-21-27(32)20-30-14-16-31(17-15-30)29(25-10-6-4-7-11-25)26-12-8-5-9-13-26/h4-13,18-19,27,29,32H,14-17,20-21H2,1-3H3. The fraction of sp³-hybridized carbons (Fsp3) is 0.379. The first-order chi connectivity index (χ1) is 16.0. The molecule has 4 heteroatoms. The third-order valence-corrected chi connectivity index (χ3v) is 6.67. The first-order valence-corrected chi connectivity index (χ1v) is 12.0. The first-order valence-electron chi connectivity index (χ1n) is 12.0. The lowest BCUT2D eigenvalue weighted by Gasteiger charge is -2.40. The third-order valence-electron chi connectivity index (χ3n) is 6.67. The summed E-state index contributed by atoms with van der Waals surface area (Å²) in [5.74, 6) is 0.880. The van der Waals surface area contributed by atoms with Crippen molar-refractivity contribution in [3.63, 3.8) is 0 Å². The number of β-amino-alcohol motifs (C(OH)–C–C–N with tert-alkyl or cyclic N) is 1. The second-order valence-corrected chi connectivity index (χ2v) is 9.23. The molecule has 1 unspecified atom stereocenters. The van der Waals surface area contributed by atoms with Crippen molar-refractivity contribution < 1.29 is 9.84 Å². The molecule has 0 saturated carbocycles. The molecule has 0 amide bonds. The molecule has 4 rings (SSSR count). The van der Waals surface area contributed by atoms with E-state index in [9.17, 15) is 5.11 Å². The zero-order chi connectivity index (χ0) is 23.2. The van der Waals surface area contributed by atoms with Gasteiger partial charge in [0.1, 0.15) is 18.5 Å². The summed E-state index contributed by atoms with van der Waals surface area (Å²) in [4.78, 5) is 4.91. The van der Waals surface area contributed by atoms with Crippen LogP contribution in [0.5, 0.6) is 5.75 Å². The van der Waals surface area contributed by atoms with Crippen LogP contribution in [-0.2, 0) is 0 Å². The Morgan fingerprint density at radius 3 is 1.97 bits per heavy atom. The van der Waals surface area contributed by atoms with Gasteiger partial charge in [-0.3, -0.25) is 9.80 Å². The zero-order valence-corrected chi connectivity index (χ0v) is 20.1. The Hall–Kier alpha value is -2.66. The number of ether oxygens (including phenoxy) is 1. The van der Waals surface area contributed by atoms with Crippen molar-refractivity contribution in [1.29, 1.82) is 0 Å². The molecular weight excluding hydrogens is 408 g/mol. The molecule has 1 fully saturated rings. The number of hydrogen-bond acceptors (Lipinski definition) is 4. The minimum Gasteiger partial charge on any atom is -0.491 e. The molecule has 1 atom stereocenters. The van der Waals surface area contributed by atoms with E-state index in [2.05, 4.69) is 103 Å². The minimum absolute atomic E-state index is 0.260. The van der Waals surface area contributed by atoms with E-state index in [0.29, 0.717) is 13.2 Å². The molecule has 0 spiro atoms. The van der Waals surface area contributed by atoms with Gasteiger partial charge in [-0.05, 0) is 54.7 Å². The summed E-state index contributed by atoms with van der Waals surface area (Å²) in [7, 11) is 0. The van der Waals surface area contributed by atoms with E-state index in [1.54, 1.807) is 0 Å². The summed E-state index contributed by atoms with van der Waals surface area (Å²) in [5.41, 5.74) is 6.21. The maximum Gasteiger partial charge on any atom is 0.122 e. The second kappa shape index (κ2) is 11.0. The van der Waals surface area contributed by atoms with Crippen molar-refractivity contribution in [2.75, 3.05) is 39.3 Å². The molecule has 1 saturated heterocycles. The van der Waals surface area contributed by atoms with Crippen molar-refractivity contribution in [3.05, 3.63) is 101 Å². The molecule has 0 aromatic heterocycles. The lowest BCUT2D eigenvalue weighted by atomic mass is 9.96. The monoisotopic (exact) mass is 444 g/mol. The summed E-state index contributed by atoms with van der Waals surface area (Å²) >= 11 is 0. The van der Waals surface area contributed by atoms with E-state index in [4.69, 9.17) is 4.74 Å². The molecule has 3 aromatic rings. The Labute approximate surface area is 198 Å². The highest BCUT2D eigenvalue weighted by atomic mass is 16.5. The third kappa shape index (κ3) is 6.02. The Balaban J connectivity index is 1.33. The van der Waals surface area contributed by atoms with E-state index in [1.165, 1.54) is 22.3 Å². The van der Waals surface area contributed by atoms with Gasteiger partial charge in [-0.1, -0.05) is 66.7 Å². The largest absolute Gasteiger partial charge is 0.491 e. The van der Waals surface area contributed by atoms with Crippen LogP contribution in [0.4, 0.5) is 0 Å². The van der Waals surface area contributed by atoms with E-state index in [1.807, 2.05) is 0 Å². The summed E-state index contributed by atoms with van der Waals surface area (Å²) < 4.78 is 5.99. The highest BCUT2D eigenvalue weighted by Gasteiger charge is 2.27. The van der Waals surface area contributed by atoms with Crippen LogP contribution in [0.15, 0.2) is 72.8 Å². The average molecular weight is 445 g/mol. The van der Waals surface area contributed by atoms with Gasteiger partial charge in [0.25, 0.3) is 0 Å². The predicted octanol–water partition coefficient (Wildman–Crippen LogP) is 4.76. The van der Waals surface area contributed by atoms with E-state index in [0.717, 1.165) is 37.5 Å². The molecule has 1 aliphatic rings. The van der Waals surface area contributed by atoms with Gasteiger partial charge in [0.05, 0.1) is 6.04 Å². The molecule has 1 aliphatic heterocycles. The van der Waals surface area contributed by atoms with Crippen LogP contribution in [0.1, 0.15) is 33.9 Å². The van der Waals surface area contributed by atoms with Crippen molar-refractivity contribution >= 4 is 0 Å². The van der Waals surface area contributed by atoms with Gasteiger partial charge in [0, 0.05) is 32.7 Å². The Morgan fingerprint density at radius 1 is 0.818 bits per heavy atom. The Kier molecular flexibility index (Phi) is 7.81. The smallest absolute Gasteiger partial charge is 0.122 e. The molecule has 0 radical (unpaired) electrons. The molecule has 3 aromatic carbocycles. The fourth-order valence-corrected chi connectivity index (χ4v) is 4.78. The van der Waals surface area contributed by atoms with Crippen LogP contribution in [-0.4, -0.2) is 60.3 Å². The minimum atomic E-state index is -0.504. The molecule has 0 bridgehead atoms. The quantitative estimate of drug-likeness (QED) is 0.544. The van der Waals surface area contributed by atoms with Crippen LogP contribution < -0.4 is 4.74 Å². The second-order valence-electron chi connectivity index (χ2n) is 9.23. The molecule has 0 aliphatic carbocycles. The average Bonchev–Trinajstić information content (AvgIpc) is 2.83. The number of piperazine rings is 1. The Morgan fingerprint density at radius 2 is 1.39 bits per heavy atom. The van der Waals surface area contributed by atoms with E-state index >= 15 is 0 Å². The van der Waals surface area contributed by atoms with Crippen LogP contribution in [0, 0.1) is 20.8 Å². The van der Waals surface area contributed by atoms with Gasteiger partial charge in [-0.25, -0.2) is 0 Å². The normalized spacial score (nSPS) is 16.2. The number of benzene rings is 3. The van der Waals surface area contributed by atoms with Gasteiger partial charge < -0.3 is 9.84 Å². The van der Waals surface area contributed by atoms with Crippen molar-refractivity contribution in [2.24, 2.45) is 0 Å². The highest BCUT2D eigenvalue weighted by molar-refractivity contribution is 5.42. The lowest BCUT2D eigenvalue weighted by molar-refractivity contribution is 0.0399. The highest BCUT2D eigenvalue weighted by Crippen LogP contribution is 2.29. The fourth-order valence-electron chi connectivity index (χ4n) is 4.78. The van der Waals surface area contributed by atoms with Crippen LogP contribution in [0.2, 0.25) is 0 Å². The van der Waals surface area contributed by atoms with Crippen LogP contribution >= 0.6 is 0 Å². The molecule has 1 heterocycles. The maximum atomic E-state index is 10.6. The summed E-state index contributed by atoms with van der Waals surface area (Å²) in [5, 5.41) is 10.6. The lowest BCUT2D eigenvalue weighted by Crippen LogP contribution is -2.50. The first kappa shape index (κ1) is 23.5. The van der Waals surface area contributed by atoms with Crippen molar-refractivity contribution in [2.45, 2.75) is 32.9 Å². The van der Waals surface area contributed by atoms with Crippen LogP contribution in [0.3, 0.4) is 0 Å². The number of aliphatic hydroxyl groups excluding tert-OH is 1. The van der Waals surface area contributed by atoms with Gasteiger partial charge in [-0.2, -0.15) is 0 Å². The topological polar surface area (TPSA) is 35.9 Å². The summed E-state index contributed by atoms with van der Waals surface area (Å²) in [6.07, 6.45) is -0.504. The molecule has 1 N–H and O–H groups in total. The van der Waals surface area contributed by atoms with E-state index in [-0.39, 0.29) is 6.04 Å². The molecule has 33 heavy (non-hydrogen) atoms. The zero-order valence-electron chi connectivity index (χ0n) is 20.1. The number of hydrogen-bond donors (Lipinski definition) is 1. The number of rotatable bonds is 8. The van der Waals surface area contributed by atoms with Gasteiger partial charge in [-0.15, -0.1) is 0 Å². The number of aryl methyl sites for hydroxylation is 2. The Bertz CT molecular complexity index is 975. The number of nitrogens with zero attached hydrogens (tertiary/aromatic N) is 2. The summed E-state index contributed by atoms with van der Waals surface area (Å²) in [6, 6.07) is 26.0. The predicted molar refractivity (Wildman–Crippen MR) is 135 cm³/mol. The van der Waals surface area contributed by atoms with Gasteiger partial charge in [0.15, 0.2) is 0 Å². The van der Waals surface area contributed by atoms with Gasteiger partial charge >= 0.3 is 0 Å². The molecule has 174 valence electrons. The van der Waals surface area contributed by atoms with E-state index < -0.39 is 6.10 Å². The molecular formula is C29H36N2O2. The van der Waals surface area contributed by atoms with Crippen LogP contribution in [0.25, 0.3) is 0 Å². The number of aliphatic hydroxyl groups is 1. The van der Waals surface area contributed by atoms with Gasteiger partial charge in [0.2, 0.25) is 0 Å². The maximum absolute atomic E-state index is 10.6. The van der Waals surface area contributed by atoms with Crippen molar-refractivity contribution in [3.8, 4) is 5.75 Å². The SMILES string of the molecule is Cc1cc(C)c(C)c(OCC(O)CN2CCN(C(c3ccccc3)c3ccccc3)CC2)c1.